The second-order valence-corrected chi connectivity index (χ2v) is 0.772. The van der Waals surface area contributed by atoms with E-state index in [0.717, 1.165) is 0 Å². The molecule has 8 heavy (non-hydrogen) atoms. The highest BCUT2D eigenvalue weighted by Crippen LogP contribution is 1.55. The van der Waals surface area contributed by atoms with Crippen LogP contribution in [0.4, 0.5) is 0 Å². The van der Waals surface area contributed by atoms with E-state index in [4.69, 9.17) is 10.0 Å². The predicted molar refractivity (Wildman–Crippen MR) is 26.6 cm³/mol. The van der Waals surface area contributed by atoms with Crippen LogP contribution in [0.2, 0.25) is 0 Å². The smallest absolute Gasteiger partial charge is 0.429 e. The Balaban J connectivity index is 0.000000145. The summed E-state index contributed by atoms with van der Waals surface area (Å²) >= 11 is 0. The predicted octanol–water partition coefficient (Wildman–Crippen LogP) is -1.69. The van der Waals surface area contributed by atoms with Gasteiger partial charge in [-0.1, -0.05) is 0 Å². The van der Waals surface area contributed by atoms with Crippen LogP contribution in [0.3, 0.4) is 0 Å². The molecule has 0 fully saturated rings. The second kappa shape index (κ2) is 6.12. The van der Waals surface area contributed by atoms with Crippen molar-refractivity contribution < 1.29 is 10.0 Å². The molecule has 5 nitrogen and oxygen atoms in total. The first kappa shape index (κ1) is 7.12. The lowest BCUT2D eigenvalue weighted by molar-refractivity contribution is 0.448. The zero-order chi connectivity index (χ0) is 6.24. The minimum absolute atomic E-state index is 0. The van der Waals surface area contributed by atoms with Gasteiger partial charge < -0.3 is 10.0 Å². The van der Waals surface area contributed by atoms with Gasteiger partial charge in [-0.2, -0.15) is 15.4 Å². The zero-order valence-corrected chi connectivity index (χ0v) is 4.02. The maximum absolute atomic E-state index is 7.00. The van der Waals surface area contributed by atoms with E-state index in [1.54, 1.807) is 12.4 Å². The normalized spacial score (nSPS) is 6.75. The quantitative estimate of drug-likeness (QED) is 0.351. The van der Waals surface area contributed by atoms with Gasteiger partial charge in [0.2, 0.25) is 0 Å². The van der Waals surface area contributed by atoms with Crippen molar-refractivity contribution in [3.8, 4) is 0 Å². The lowest BCUT2D eigenvalue weighted by atomic mass is 10.5. The fourth-order valence-corrected chi connectivity index (χ4v) is 0.167. The summed E-state index contributed by atoms with van der Waals surface area (Å²) < 4.78 is 0. The summed E-state index contributed by atoms with van der Waals surface area (Å²) in [6.45, 7) is 0. The number of hydrogen-bond acceptors (Lipinski definition) is 4. The Hall–Kier alpha value is -0.875. The first-order chi connectivity index (χ1) is 3.91. The molecule has 0 bridgehead atoms. The van der Waals surface area contributed by atoms with E-state index in [9.17, 15) is 0 Å². The third-order valence-electron chi connectivity index (χ3n) is 0.331. The van der Waals surface area contributed by atoms with Crippen LogP contribution in [0.1, 0.15) is 0 Å². The minimum atomic E-state index is 0. The molecule has 6 heteroatoms. The minimum Gasteiger partial charge on any atom is -0.429 e. The first-order valence-electron chi connectivity index (χ1n) is 1.81. The molecule has 1 aromatic heterocycles. The summed E-state index contributed by atoms with van der Waals surface area (Å²) in [5.74, 6) is 0. The highest BCUT2D eigenvalue weighted by atomic mass is 16.4. The molecular formula is C2H5BN3O2. The number of nitrogens with zero attached hydrogens (tertiary/aromatic N) is 2. The molecule has 0 unspecified atom stereocenters. The first-order valence-corrected chi connectivity index (χ1v) is 1.81. The van der Waals surface area contributed by atoms with E-state index in [1.165, 1.54) is 0 Å². The number of H-pyrrole nitrogens is 1. The number of aromatic nitrogens is 3. The Kier molecular flexibility index (Phi) is 5.45. The molecule has 1 heterocycles. The average molecular weight is 114 g/mol. The van der Waals surface area contributed by atoms with Crippen molar-refractivity contribution in [2.45, 2.75) is 0 Å². The molecule has 0 aromatic carbocycles. The highest BCUT2D eigenvalue weighted by molar-refractivity contribution is 6.13. The molecule has 1 aromatic rings. The van der Waals surface area contributed by atoms with Crippen molar-refractivity contribution in [3.05, 3.63) is 12.4 Å². The van der Waals surface area contributed by atoms with Crippen molar-refractivity contribution in [1.82, 2.24) is 15.4 Å². The molecule has 0 amide bonds. The fourth-order valence-electron chi connectivity index (χ4n) is 0.167. The zero-order valence-electron chi connectivity index (χ0n) is 4.02. The van der Waals surface area contributed by atoms with Crippen molar-refractivity contribution in [2.75, 3.05) is 0 Å². The average Bonchev–Trinajstić information content (AvgIpc) is 2.17. The van der Waals surface area contributed by atoms with Gasteiger partial charge in [0, 0.05) is 0 Å². The van der Waals surface area contributed by atoms with Gasteiger partial charge in [-0.3, -0.25) is 0 Å². The molecule has 1 rings (SSSR count). The number of hydrogen-bond donors (Lipinski definition) is 3. The molecule has 0 saturated heterocycles. The summed E-state index contributed by atoms with van der Waals surface area (Å²) in [4.78, 5) is 0. The Morgan fingerprint density at radius 2 is 1.62 bits per heavy atom. The third-order valence-corrected chi connectivity index (χ3v) is 0.331. The molecule has 0 atom stereocenters. The van der Waals surface area contributed by atoms with E-state index in [1.807, 2.05) is 0 Å². The van der Waals surface area contributed by atoms with Gasteiger partial charge in [0.05, 0.1) is 12.4 Å². The van der Waals surface area contributed by atoms with Gasteiger partial charge >= 0.3 is 7.69 Å². The largest absolute Gasteiger partial charge is 0.482 e. The summed E-state index contributed by atoms with van der Waals surface area (Å²) in [7, 11) is 0. The van der Waals surface area contributed by atoms with Crippen LogP contribution in [-0.4, -0.2) is 33.1 Å². The van der Waals surface area contributed by atoms with E-state index >= 15 is 0 Å². The number of aromatic amines is 1. The molecule has 1 radical (unpaired) electrons. The Bertz CT molecular complexity index is 82.2. The summed E-state index contributed by atoms with van der Waals surface area (Å²) in [6, 6.07) is 0. The Labute approximate surface area is 46.7 Å². The highest BCUT2D eigenvalue weighted by Gasteiger charge is 1.57. The molecule has 0 saturated carbocycles. The maximum atomic E-state index is 7.00. The summed E-state index contributed by atoms with van der Waals surface area (Å²) in [6.07, 6.45) is 3.17. The lowest BCUT2D eigenvalue weighted by Gasteiger charge is -1.48. The summed E-state index contributed by atoms with van der Waals surface area (Å²) in [5.41, 5.74) is 0. The molecule has 3 N–H and O–H groups in total. The summed E-state index contributed by atoms with van der Waals surface area (Å²) in [5, 5.41) is 23.3. The molecule has 0 aliphatic rings. The van der Waals surface area contributed by atoms with Gasteiger partial charge in [-0.05, 0) is 0 Å². The Morgan fingerprint density at radius 3 is 1.75 bits per heavy atom. The molecule has 0 aliphatic carbocycles. The number of nitrogens with one attached hydrogen (secondary N) is 1. The van der Waals surface area contributed by atoms with E-state index < -0.39 is 0 Å². The van der Waals surface area contributed by atoms with Gasteiger partial charge in [-0.25, -0.2) is 0 Å². The standard InChI is InChI=1S/C2H3N3.BH2O2/c1-2-4-5-3-1;2-1-3/h1-2H,(H,3,4,5);2-3H. The van der Waals surface area contributed by atoms with E-state index in [0.29, 0.717) is 0 Å². The van der Waals surface area contributed by atoms with Crippen molar-refractivity contribution in [3.63, 3.8) is 0 Å². The SMILES string of the molecule is O[B]O.c1cn[nH]n1. The van der Waals surface area contributed by atoms with E-state index in [2.05, 4.69) is 15.4 Å². The lowest BCUT2D eigenvalue weighted by Crippen LogP contribution is -1.75. The molecule has 0 aliphatic heterocycles. The third kappa shape index (κ3) is 5.12. The van der Waals surface area contributed by atoms with Crippen LogP contribution in [0.15, 0.2) is 12.4 Å². The van der Waals surface area contributed by atoms with Crippen LogP contribution >= 0.6 is 0 Å². The Morgan fingerprint density at radius 1 is 1.25 bits per heavy atom. The van der Waals surface area contributed by atoms with Crippen LogP contribution in [0, 0.1) is 0 Å². The van der Waals surface area contributed by atoms with Gasteiger partial charge in [0.15, 0.2) is 0 Å². The monoisotopic (exact) mass is 114 g/mol. The van der Waals surface area contributed by atoms with Crippen LogP contribution in [0.5, 0.6) is 0 Å². The molecule has 0 spiro atoms. The maximum Gasteiger partial charge on any atom is 0.482 e. The fraction of sp³-hybridized carbons (Fsp3) is 0. The van der Waals surface area contributed by atoms with Crippen molar-refractivity contribution in [1.29, 1.82) is 0 Å². The van der Waals surface area contributed by atoms with E-state index in [-0.39, 0.29) is 7.69 Å². The second-order valence-electron chi connectivity index (χ2n) is 0.772. The molecular weight excluding hydrogens is 109 g/mol. The van der Waals surface area contributed by atoms with Crippen LogP contribution < -0.4 is 0 Å². The van der Waals surface area contributed by atoms with Crippen LogP contribution in [0.25, 0.3) is 0 Å². The topological polar surface area (TPSA) is 82.0 Å². The van der Waals surface area contributed by atoms with Crippen molar-refractivity contribution >= 4 is 7.69 Å². The molecule has 43 valence electrons. The van der Waals surface area contributed by atoms with Gasteiger partial charge in [0.25, 0.3) is 0 Å². The van der Waals surface area contributed by atoms with Gasteiger partial charge in [-0.15, -0.1) is 0 Å². The van der Waals surface area contributed by atoms with Crippen LogP contribution in [-0.2, 0) is 0 Å². The number of rotatable bonds is 0. The van der Waals surface area contributed by atoms with Gasteiger partial charge in [0.1, 0.15) is 0 Å². The van der Waals surface area contributed by atoms with Crippen molar-refractivity contribution in [2.24, 2.45) is 0 Å².